The third-order valence-corrected chi connectivity index (χ3v) is 2.07. The summed E-state index contributed by atoms with van der Waals surface area (Å²) in [5, 5.41) is 6.78. The second-order valence-corrected chi connectivity index (χ2v) is 2.71. The summed E-state index contributed by atoms with van der Waals surface area (Å²) in [7, 11) is 0. The van der Waals surface area contributed by atoms with E-state index in [4.69, 9.17) is 0 Å². The van der Waals surface area contributed by atoms with Gasteiger partial charge in [0.05, 0.1) is 0 Å². The van der Waals surface area contributed by atoms with Crippen molar-refractivity contribution < 1.29 is 0 Å². The summed E-state index contributed by atoms with van der Waals surface area (Å²) in [6.07, 6.45) is 3.58. The molecule has 1 fully saturated rings. The molecule has 0 aromatic carbocycles. The summed E-state index contributed by atoms with van der Waals surface area (Å²) in [6, 6.07) is 0.666. The standard InChI is InChI=1S/C7H12N2/c1-2-6-4-8-5-7(6)9-3-1/h2,7-9H,1,3-5H2. The van der Waals surface area contributed by atoms with E-state index in [1.165, 1.54) is 6.42 Å². The molecular formula is C7H12N2. The zero-order valence-electron chi connectivity index (χ0n) is 5.48. The normalized spacial score (nSPS) is 33.8. The molecule has 1 saturated heterocycles. The minimum atomic E-state index is 0.666. The Labute approximate surface area is 55.3 Å². The van der Waals surface area contributed by atoms with Gasteiger partial charge in [0, 0.05) is 19.1 Å². The van der Waals surface area contributed by atoms with E-state index in [-0.39, 0.29) is 0 Å². The highest BCUT2D eigenvalue weighted by molar-refractivity contribution is 5.20. The van der Waals surface area contributed by atoms with Crippen LogP contribution in [0.25, 0.3) is 0 Å². The molecule has 2 heteroatoms. The smallest absolute Gasteiger partial charge is 0.0418 e. The number of nitrogens with one attached hydrogen (secondary N) is 2. The second kappa shape index (κ2) is 2.12. The van der Waals surface area contributed by atoms with Gasteiger partial charge in [-0.15, -0.1) is 0 Å². The van der Waals surface area contributed by atoms with Gasteiger partial charge in [-0.1, -0.05) is 6.08 Å². The van der Waals surface area contributed by atoms with E-state index in [1.807, 2.05) is 0 Å². The molecular weight excluding hydrogens is 112 g/mol. The molecule has 2 rings (SSSR count). The minimum absolute atomic E-state index is 0.666. The van der Waals surface area contributed by atoms with E-state index in [9.17, 15) is 0 Å². The average Bonchev–Trinajstić information content (AvgIpc) is 2.33. The molecule has 9 heavy (non-hydrogen) atoms. The Kier molecular flexibility index (Phi) is 1.28. The number of hydrogen-bond acceptors (Lipinski definition) is 2. The third-order valence-electron chi connectivity index (χ3n) is 2.07. The Balaban J connectivity index is 2.16. The first-order valence-corrected chi connectivity index (χ1v) is 3.60. The molecule has 1 unspecified atom stereocenters. The van der Waals surface area contributed by atoms with Crippen LogP contribution in [0.3, 0.4) is 0 Å². The quantitative estimate of drug-likeness (QED) is 0.440. The molecule has 0 amide bonds. The van der Waals surface area contributed by atoms with Gasteiger partial charge in [-0.3, -0.25) is 0 Å². The summed E-state index contributed by atoms with van der Waals surface area (Å²) < 4.78 is 0. The summed E-state index contributed by atoms with van der Waals surface area (Å²) in [5.74, 6) is 0. The van der Waals surface area contributed by atoms with Gasteiger partial charge >= 0.3 is 0 Å². The molecule has 0 aliphatic carbocycles. The predicted molar refractivity (Wildman–Crippen MR) is 37.4 cm³/mol. The molecule has 2 nitrogen and oxygen atoms in total. The van der Waals surface area contributed by atoms with Crippen molar-refractivity contribution in [3.05, 3.63) is 11.6 Å². The van der Waals surface area contributed by atoms with Crippen LogP contribution >= 0.6 is 0 Å². The zero-order chi connectivity index (χ0) is 6.10. The highest BCUT2D eigenvalue weighted by Gasteiger charge is 2.20. The van der Waals surface area contributed by atoms with Crippen LogP contribution in [0.2, 0.25) is 0 Å². The van der Waals surface area contributed by atoms with E-state index in [0.29, 0.717) is 6.04 Å². The maximum atomic E-state index is 3.45. The highest BCUT2D eigenvalue weighted by atomic mass is 15.0. The second-order valence-electron chi connectivity index (χ2n) is 2.71. The van der Waals surface area contributed by atoms with Crippen molar-refractivity contribution in [3.63, 3.8) is 0 Å². The Morgan fingerprint density at radius 1 is 1.56 bits per heavy atom. The van der Waals surface area contributed by atoms with E-state index < -0.39 is 0 Å². The van der Waals surface area contributed by atoms with E-state index in [0.717, 1.165) is 19.6 Å². The van der Waals surface area contributed by atoms with Crippen molar-refractivity contribution >= 4 is 0 Å². The van der Waals surface area contributed by atoms with Crippen molar-refractivity contribution in [1.29, 1.82) is 0 Å². The van der Waals surface area contributed by atoms with E-state index >= 15 is 0 Å². The molecule has 0 saturated carbocycles. The van der Waals surface area contributed by atoms with Crippen LogP contribution in [-0.4, -0.2) is 25.7 Å². The van der Waals surface area contributed by atoms with Crippen LogP contribution in [0.5, 0.6) is 0 Å². The van der Waals surface area contributed by atoms with Crippen molar-refractivity contribution in [2.24, 2.45) is 0 Å². The Bertz CT molecular complexity index is 140. The highest BCUT2D eigenvalue weighted by Crippen LogP contribution is 2.11. The molecule has 0 radical (unpaired) electrons. The topological polar surface area (TPSA) is 24.1 Å². The maximum absolute atomic E-state index is 3.45. The summed E-state index contributed by atoms with van der Waals surface area (Å²) >= 11 is 0. The van der Waals surface area contributed by atoms with Gasteiger partial charge in [-0.2, -0.15) is 0 Å². The first kappa shape index (κ1) is 5.45. The molecule has 1 atom stereocenters. The molecule has 0 spiro atoms. The SMILES string of the molecule is C1=C2CNCC2NCC1. The van der Waals surface area contributed by atoms with Crippen molar-refractivity contribution in [3.8, 4) is 0 Å². The molecule has 2 aliphatic heterocycles. The van der Waals surface area contributed by atoms with Crippen LogP contribution < -0.4 is 10.6 Å². The molecule has 50 valence electrons. The lowest BCUT2D eigenvalue weighted by Gasteiger charge is -2.17. The first-order chi connectivity index (χ1) is 4.47. The average molecular weight is 124 g/mol. The number of rotatable bonds is 0. The zero-order valence-corrected chi connectivity index (χ0v) is 5.48. The van der Waals surface area contributed by atoms with Crippen molar-refractivity contribution in [2.75, 3.05) is 19.6 Å². The number of hydrogen-bond donors (Lipinski definition) is 2. The van der Waals surface area contributed by atoms with Crippen LogP contribution in [-0.2, 0) is 0 Å². The molecule has 0 aromatic rings. The van der Waals surface area contributed by atoms with Crippen LogP contribution in [0.15, 0.2) is 11.6 Å². The Morgan fingerprint density at radius 2 is 2.56 bits per heavy atom. The van der Waals surface area contributed by atoms with Gasteiger partial charge in [-0.05, 0) is 18.5 Å². The first-order valence-electron chi connectivity index (χ1n) is 3.60. The maximum Gasteiger partial charge on any atom is 0.0418 e. The molecule has 0 aromatic heterocycles. The fraction of sp³-hybridized carbons (Fsp3) is 0.714. The van der Waals surface area contributed by atoms with Crippen LogP contribution in [0.4, 0.5) is 0 Å². The largest absolute Gasteiger partial charge is 0.311 e. The summed E-state index contributed by atoms with van der Waals surface area (Å²) in [4.78, 5) is 0. The number of fused-ring (bicyclic) bond motifs is 1. The lowest BCUT2D eigenvalue weighted by Crippen LogP contribution is -2.35. The Hall–Kier alpha value is -0.340. The lowest BCUT2D eigenvalue weighted by molar-refractivity contribution is 0.579. The third kappa shape index (κ3) is 0.884. The predicted octanol–water partition coefficient (Wildman–Crippen LogP) is -0.122. The van der Waals surface area contributed by atoms with Crippen LogP contribution in [0, 0.1) is 0 Å². The molecule has 2 aliphatic rings. The van der Waals surface area contributed by atoms with Gasteiger partial charge in [-0.25, -0.2) is 0 Å². The van der Waals surface area contributed by atoms with E-state index in [1.54, 1.807) is 5.57 Å². The van der Waals surface area contributed by atoms with Gasteiger partial charge in [0.2, 0.25) is 0 Å². The van der Waals surface area contributed by atoms with Crippen molar-refractivity contribution in [2.45, 2.75) is 12.5 Å². The van der Waals surface area contributed by atoms with Gasteiger partial charge in [0.15, 0.2) is 0 Å². The van der Waals surface area contributed by atoms with Crippen LogP contribution in [0.1, 0.15) is 6.42 Å². The molecule has 0 bridgehead atoms. The van der Waals surface area contributed by atoms with Gasteiger partial charge in [0.1, 0.15) is 0 Å². The fourth-order valence-electron chi connectivity index (χ4n) is 1.55. The van der Waals surface area contributed by atoms with E-state index in [2.05, 4.69) is 16.7 Å². The molecule has 2 N–H and O–H groups in total. The summed E-state index contributed by atoms with van der Waals surface area (Å²) in [5.41, 5.74) is 1.57. The summed E-state index contributed by atoms with van der Waals surface area (Å²) in [6.45, 7) is 3.40. The Morgan fingerprint density at radius 3 is 3.44 bits per heavy atom. The fourth-order valence-corrected chi connectivity index (χ4v) is 1.55. The minimum Gasteiger partial charge on any atom is -0.311 e. The monoisotopic (exact) mass is 124 g/mol. The molecule has 2 heterocycles. The van der Waals surface area contributed by atoms with Crippen molar-refractivity contribution in [1.82, 2.24) is 10.6 Å². The van der Waals surface area contributed by atoms with Gasteiger partial charge < -0.3 is 10.6 Å². The van der Waals surface area contributed by atoms with Gasteiger partial charge in [0.25, 0.3) is 0 Å². The lowest BCUT2D eigenvalue weighted by atomic mass is 10.1.